The number of ether oxygens (including phenoxy) is 4. The van der Waals surface area contributed by atoms with Crippen molar-refractivity contribution >= 4 is 23.9 Å². The minimum Gasteiger partial charge on any atom is -0.465 e. The SMILES string of the molecule is CCCCCCCCC(CCCCCC)OC(=O)C(C)(C)CCCCCCOC(=O)[C@@H]1C[C@H](OC(=O)CCN(C)C)CN1CCCCCCC(C)(C)C(=O)OCCCCC(CCCCC)CCCCC. The topological polar surface area (TPSA) is 112 Å². The monoisotopic (exact) mass is 991 g/mol. The molecular weight excluding hydrogens is 877 g/mol. The highest BCUT2D eigenvalue weighted by molar-refractivity contribution is 5.77. The van der Waals surface area contributed by atoms with Gasteiger partial charge in [0.05, 0.1) is 30.5 Å². The summed E-state index contributed by atoms with van der Waals surface area (Å²) in [5.41, 5.74) is -1.03. The van der Waals surface area contributed by atoms with Crippen molar-refractivity contribution < 1.29 is 38.1 Å². The van der Waals surface area contributed by atoms with E-state index in [-0.39, 0.29) is 36.1 Å². The van der Waals surface area contributed by atoms with Gasteiger partial charge < -0.3 is 23.8 Å². The number of esters is 4. The van der Waals surface area contributed by atoms with Crippen LogP contribution in [0.2, 0.25) is 0 Å². The standard InChI is InChI=1S/C60H114N2O8/c1-11-15-19-21-22-30-41-52(40-29-20-16-12-2)70-58(66)60(7,8)44-33-24-26-35-47-67-56(64)54-49-53(69-55(63)42-46-61(9)10)50-62(54)45-34-25-23-32-43-59(5,6)57(65)68-48-36-31-39-51(37-27-17-13-3)38-28-18-14-4/h51-54H,11-50H2,1-10H3/t52?,53-,54-/m0/s1. The van der Waals surface area contributed by atoms with Gasteiger partial charge in [0.2, 0.25) is 0 Å². The third-order valence-electron chi connectivity index (χ3n) is 14.9. The van der Waals surface area contributed by atoms with Gasteiger partial charge in [0.25, 0.3) is 0 Å². The summed E-state index contributed by atoms with van der Waals surface area (Å²) in [5, 5.41) is 0. The minimum atomic E-state index is -0.525. The van der Waals surface area contributed by atoms with Gasteiger partial charge in [0.15, 0.2) is 0 Å². The predicted molar refractivity (Wildman–Crippen MR) is 291 cm³/mol. The zero-order valence-electron chi connectivity index (χ0n) is 47.8. The van der Waals surface area contributed by atoms with E-state index in [1.807, 2.05) is 46.7 Å². The van der Waals surface area contributed by atoms with Crippen molar-refractivity contribution in [2.24, 2.45) is 16.7 Å². The molecule has 0 bridgehead atoms. The molecule has 0 N–H and O–H groups in total. The quantitative estimate of drug-likeness (QED) is 0.0332. The van der Waals surface area contributed by atoms with Crippen LogP contribution in [0.25, 0.3) is 0 Å². The molecule has 10 heteroatoms. The third-order valence-corrected chi connectivity index (χ3v) is 14.9. The Morgan fingerprint density at radius 1 is 0.543 bits per heavy atom. The van der Waals surface area contributed by atoms with E-state index < -0.39 is 16.9 Å². The molecule has 412 valence electrons. The van der Waals surface area contributed by atoms with E-state index >= 15 is 0 Å². The first-order chi connectivity index (χ1) is 33.6. The van der Waals surface area contributed by atoms with Crippen LogP contribution in [-0.4, -0.2) is 98.9 Å². The molecule has 3 atom stereocenters. The highest BCUT2D eigenvalue weighted by atomic mass is 16.6. The lowest BCUT2D eigenvalue weighted by atomic mass is 9.86. The van der Waals surface area contributed by atoms with Crippen LogP contribution in [0, 0.1) is 16.7 Å². The molecule has 1 unspecified atom stereocenters. The van der Waals surface area contributed by atoms with Crippen LogP contribution in [-0.2, 0) is 38.1 Å². The summed E-state index contributed by atoms with van der Waals surface area (Å²) in [6, 6.07) is -0.434. The van der Waals surface area contributed by atoms with Crippen LogP contribution in [0.1, 0.15) is 280 Å². The van der Waals surface area contributed by atoms with Crippen LogP contribution < -0.4 is 0 Å². The summed E-state index contributed by atoms with van der Waals surface area (Å²) >= 11 is 0. The molecule has 0 radical (unpaired) electrons. The summed E-state index contributed by atoms with van der Waals surface area (Å²) < 4.78 is 23.7. The number of hydrogen-bond acceptors (Lipinski definition) is 10. The van der Waals surface area contributed by atoms with Crippen LogP contribution in [0.15, 0.2) is 0 Å². The van der Waals surface area contributed by atoms with Crippen LogP contribution >= 0.6 is 0 Å². The van der Waals surface area contributed by atoms with Crippen molar-refractivity contribution in [2.75, 3.05) is 46.9 Å². The maximum atomic E-state index is 13.5. The third kappa shape index (κ3) is 32.8. The Bertz CT molecular complexity index is 1310. The van der Waals surface area contributed by atoms with E-state index in [9.17, 15) is 19.2 Å². The Hall–Kier alpha value is -2.20. The number of carbonyl (C=O) groups excluding carboxylic acids is 4. The molecule has 0 aromatic rings. The Labute approximate surface area is 432 Å². The zero-order chi connectivity index (χ0) is 51.9. The van der Waals surface area contributed by atoms with E-state index in [0.29, 0.717) is 39.1 Å². The van der Waals surface area contributed by atoms with Crippen molar-refractivity contribution in [2.45, 2.75) is 298 Å². The van der Waals surface area contributed by atoms with E-state index in [1.54, 1.807) is 0 Å². The second-order valence-corrected chi connectivity index (χ2v) is 23.1. The molecular formula is C60H114N2O8. The van der Waals surface area contributed by atoms with Gasteiger partial charge >= 0.3 is 23.9 Å². The normalized spacial score (nSPS) is 16.0. The fraction of sp³-hybridized carbons (Fsp3) is 0.933. The first kappa shape index (κ1) is 65.8. The molecule has 10 nitrogen and oxygen atoms in total. The highest BCUT2D eigenvalue weighted by Crippen LogP contribution is 2.30. The fourth-order valence-electron chi connectivity index (χ4n) is 9.95. The molecule has 0 aliphatic carbocycles. The van der Waals surface area contributed by atoms with Crippen LogP contribution in [0.4, 0.5) is 0 Å². The lowest BCUT2D eigenvalue weighted by molar-refractivity contribution is -0.161. The van der Waals surface area contributed by atoms with Crippen molar-refractivity contribution in [3.63, 3.8) is 0 Å². The zero-order valence-corrected chi connectivity index (χ0v) is 47.8. The van der Waals surface area contributed by atoms with Crippen LogP contribution in [0.3, 0.4) is 0 Å². The van der Waals surface area contributed by atoms with Gasteiger partial charge in [0.1, 0.15) is 18.2 Å². The number of nitrogens with zero attached hydrogens (tertiary/aromatic N) is 2. The lowest BCUT2D eigenvalue weighted by Gasteiger charge is -2.27. The number of hydrogen-bond donors (Lipinski definition) is 0. The first-order valence-electron chi connectivity index (χ1n) is 29.7. The molecule has 0 spiro atoms. The van der Waals surface area contributed by atoms with Crippen molar-refractivity contribution in [1.82, 2.24) is 9.80 Å². The van der Waals surface area contributed by atoms with Gasteiger partial charge in [-0.2, -0.15) is 0 Å². The van der Waals surface area contributed by atoms with Gasteiger partial charge in [0, 0.05) is 19.5 Å². The van der Waals surface area contributed by atoms with Crippen LogP contribution in [0.5, 0.6) is 0 Å². The Morgan fingerprint density at radius 2 is 0.986 bits per heavy atom. The smallest absolute Gasteiger partial charge is 0.323 e. The Kier molecular flexibility index (Phi) is 38.7. The van der Waals surface area contributed by atoms with Gasteiger partial charge in [-0.15, -0.1) is 0 Å². The lowest BCUT2D eigenvalue weighted by Crippen LogP contribution is -2.38. The van der Waals surface area contributed by atoms with Gasteiger partial charge in [-0.1, -0.05) is 175 Å². The maximum Gasteiger partial charge on any atom is 0.323 e. The van der Waals surface area contributed by atoms with E-state index in [2.05, 4.69) is 32.6 Å². The van der Waals surface area contributed by atoms with Gasteiger partial charge in [-0.3, -0.25) is 24.1 Å². The largest absolute Gasteiger partial charge is 0.465 e. The summed E-state index contributed by atoms with van der Waals surface area (Å²) in [6.45, 7) is 19.8. The minimum absolute atomic E-state index is 0.0230. The first-order valence-corrected chi connectivity index (χ1v) is 29.7. The predicted octanol–water partition coefficient (Wildman–Crippen LogP) is 15.5. The molecule has 1 saturated heterocycles. The molecule has 1 rings (SSSR count). The van der Waals surface area contributed by atoms with E-state index in [1.165, 1.54) is 109 Å². The van der Waals surface area contributed by atoms with E-state index in [4.69, 9.17) is 18.9 Å². The molecule has 70 heavy (non-hydrogen) atoms. The molecule has 1 aliphatic heterocycles. The average Bonchev–Trinajstić information content (AvgIpc) is 3.72. The molecule has 0 aromatic heterocycles. The van der Waals surface area contributed by atoms with Crippen molar-refractivity contribution in [3.05, 3.63) is 0 Å². The maximum absolute atomic E-state index is 13.5. The Balaban J connectivity index is 2.55. The Morgan fingerprint density at radius 3 is 1.57 bits per heavy atom. The summed E-state index contributed by atoms with van der Waals surface area (Å²) in [7, 11) is 3.87. The molecule has 1 heterocycles. The molecule has 0 aromatic carbocycles. The van der Waals surface area contributed by atoms with Gasteiger partial charge in [-0.25, -0.2) is 0 Å². The summed E-state index contributed by atoms with van der Waals surface area (Å²) in [6.07, 6.45) is 37.5. The number of likely N-dealkylation sites (tertiary alicyclic amines) is 1. The second-order valence-electron chi connectivity index (χ2n) is 23.1. The fourth-order valence-corrected chi connectivity index (χ4v) is 9.95. The van der Waals surface area contributed by atoms with Gasteiger partial charge in [-0.05, 0) is 118 Å². The second kappa shape index (κ2) is 41.2. The van der Waals surface area contributed by atoms with E-state index in [0.717, 1.165) is 115 Å². The summed E-state index contributed by atoms with van der Waals surface area (Å²) in [4.78, 5) is 56.8. The average molecular weight is 992 g/mol. The van der Waals surface area contributed by atoms with Crippen molar-refractivity contribution in [1.29, 1.82) is 0 Å². The highest BCUT2D eigenvalue weighted by Gasteiger charge is 2.39. The molecule has 1 fully saturated rings. The summed E-state index contributed by atoms with van der Waals surface area (Å²) in [5.74, 6) is 0.193. The number of rotatable bonds is 47. The molecule has 0 amide bonds. The van der Waals surface area contributed by atoms with Crippen molar-refractivity contribution in [3.8, 4) is 0 Å². The molecule has 0 saturated carbocycles. The molecule has 1 aliphatic rings. The number of unbranched alkanes of at least 4 members (excludes halogenated alkanes) is 19. The number of carbonyl (C=O) groups is 4.